The van der Waals surface area contributed by atoms with E-state index in [-0.39, 0.29) is 16.5 Å². The quantitative estimate of drug-likeness (QED) is 0.792. The Balaban J connectivity index is 2.34. The fraction of sp³-hybridized carbons (Fsp3) is 0.529. The molecule has 0 amide bonds. The van der Waals surface area contributed by atoms with Gasteiger partial charge in [0.2, 0.25) is 0 Å². The van der Waals surface area contributed by atoms with Crippen LogP contribution in [0.25, 0.3) is 10.9 Å². The first-order chi connectivity index (χ1) is 9.96. The van der Waals surface area contributed by atoms with Gasteiger partial charge in [0.25, 0.3) is 5.56 Å². The lowest BCUT2D eigenvalue weighted by Crippen LogP contribution is -2.41. The SMILES string of the molecule is CCC(Cl)c1nc2ccccc2c(=O)n1C(C)(C)C1CC1. The van der Waals surface area contributed by atoms with Crippen LogP contribution in [-0.4, -0.2) is 9.55 Å². The summed E-state index contributed by atoms with van der Waals surface area (Å²) in [4.78, 5) is 17.7. The first-order valence-electron chi connectivity index (χ1n) is 7.63. The molecule has 1 unspecified atom stereocenters. The second-order valence-electron chi connectivity index (χ2n) is 6.43. The van der Waals surface area contributed by atoms with Crippen molar-refractivity contribution in [2.24, 2.45) is 5.92 Å². The molecular formula is C17H21ClN2O. The lowest BCUT2D eigenvalue weighted by atomic mass is 9.97. The topological polar surface area (TPSA) is 34.9 Å². The van der Waals surface area contributed by atoms with E-state index in [1.165, 1.54) is 12.8 Å². The van der Waals surface area contributed by atoms with Crippen LogP contribution >= 0.6 is 11.6 Å². The third-order valence-corrected chi connectivity index (χ3v) is 5.10. The van der Waals surface area contributed by atoms with Gasteiger partial charge in [-0.2, -0.15) is 0 Å². The van der Waals surface area contributed by atoms with Gasteiger partial charge in [-0.15, -0.1) is 11.6 Å². The zero-order chi connectivity index (χ0) is 15.2. The molecule has 1 fully saturated rings. The van der Waals surface area contributed by atoms with E-state index in [1.54, 1.807) is 0 Å². The van der Waals surface area contributed by atoms with Gasteiger partial charge in [0.15, 0.2) is 0 Å². The monoisotopic (exact) mass is 304 g/mol. The smallest absolute Gasteiger partial charge is 0.261 e. The van der Waals surface area contributed by atoms with Crippen molar-refractivity contribution >= 4 is 22.5 Å². The molecule has 1 aromatic carbocycles. The molecular weight excluding hydrogens is 284 g/mol. The number of alkyl halides is 1. The molecule has 1 saturated carbocycles. The third kappa shape index (κ3) is 2.38. The maximum absolute atomic E-state index is 13.0. The van der Waals surface area contributed by atoms with Crippen molar-refractivity contribution < 1.29 is 0 Å². The van der Waals surface area contributed by atoms with Crippen molar-refractivity contribution in [2.45, 2.75) is 50.9 Å². The number of fused-ring (bicyclic) bond motifs is 1. The van der Waals surface area contributed by atoms with E-state index in [9.17, 15) is 4.79 Å². The summed E-state index contributed by atoms with van der Waals surface area (Å²) >= 11 is 6.48. The molecule has 4 heteroatoms. The Kier molecular flexibility index (Phi) is 3.56. The summed E-state index contributed by atoms with van der Waals surface area (Å²) in [5.41, 5.74) is 0.539. The summed E-state index contributed by atoms with van der Waals surface area (Å²) in [7, 11) is 0. The van der Waals surface area contributed by atoms with Crippen LogP contribution in [0.5, 0.6) is 0 Å². The molecule has 1 heterocycles. The van der Waals surface area contributed by atoms with Crippen LogP contribution in [-0.2, 0) is 5.54 Å². The summed E-state index contributed by atoms with van der Waals surface area (Å²) in [6.07, 6.45) is 3.10. The van der Waals surface area contributed by atoms with E-state index in [2.05, 4.69) is 13.8 Å². The molecule has 1 aliphatic carbocycles. The zero-order valence-corrected chi connectivity index (χ0v) is 13.5. The van der Waals surface area contributed by atoms with Crippen molar-refractivity contribution in [1.29, 1.82) is 0 Å². The van der Waals surface area contributed by atoms with Gasteiger partial charge in [0, 0.05) is 5.54 Å². The average molecular weight is 305 g/mol. The number of rotatable bonds is 4. The Hall–Kier alpha value is -1.35. The zero-order valence-electron chi connectivity index (χ0n) is 12.8. The van der Waals surface area contributed by atoms with E-state index in [0.29, 0.717) is 17.1 Å². The van der Waals surface area contributed by atoms with Crippen LogP contribution in [0.3, 0.4) is 0 Å². The van der Waals surface area contributed by atoms with Gasteiger partial charge < -0.3 is 0 Å². The number of hydrogen-bond donors (Lipinski definition) is 0. The molecule has 1 aliphatic rings. The van der Waals surface area contributed by atoms with Crippen LogP contribution < -0.4 is 5.56 Å². The number of hydrogen-bond acceptors (Lipinski definition) is 2. The molecule has 0 aliphatic heterocycles. The van der Waals surface area contributed by atoms with Crippen LogP contribution in [0.4, 0.5) is 0 Å². The number of aromatic nitrogens is 2. The highest BCUT2D eigenvalue weighted by Gasteiger charge is 2.41. The number of para-hydroxylation sites is 1. The van der Waals surface area contributed by atoms with Crippen molar-refractivity contribution in [1.82, 2.24) is 9.55 Å². The summed E-state index contributed by atoms with van der Waals surface area (Å²) in [6.45, 7) is 6.28. The second-order valence-corrected chi connectivity index (χ2v) is 6.96. The summed E-state index contributed by atoms with van der Waals surface area (Å²) in [6, 6.07) is 7.53. The molecule has 1 atom stereocenters. The molecule has 0 spiro atoms. The minimum absolute atomic E-state index is 0.0339. The predicted octanol–water partition coefficient (Wildman–Crippen LogP) is 4.23. The number of nitrogens with zero attached hydrogens (tertiary/aromatic N) is 2. The second kappa shape index (κ2) is 5.13. The Morgan fingerprint density at radius 2 is 2.05 bits per heavy atom. The van der Waals surface area contributed by atoms with E-state index >= 15 is 0 Å². The van der Waals surface area contributed by atoms with E-state index in [1.807, 2.05) is 35.8 Å². The Morgan fingerprint density at radius 3 is 2.67 bits per heavy atom. The normalized spacial score (nSPS) is 17.1. The van der Waals surface area contributed by atoms with Gasteiger partial charge in [-0.1, -0.05) is 19.1 Å². The highest BCUT2D eigenvalue weighted by atomic mass is 35.5. The minimum atomic E-state index is -0.236. The highest BCUT2D eigenvalue weighted by molar-refractivity contribution is 6.20. The van der Waals surface area contributed by atoms with Crippen molar-refractivity contribution in [3.8, 4) is 0 Å². The summed E-state index contributed by atoms with van der Waals surface area (Å²) < 4.78 is 1.86. The van der Waals surface area contributed by atoms with Crippen LogP contribution in [0.15, 0.2) is 29.1 Å². The lowest BCUT2D eigenvalue weighted by molar-refractivity contribution is 0.282. The largest absolute Gasteiger partial charge is 0.289 e. The minimum Gasteiger partial charge on any atom is -0.289 e. The Morgan fingerprint density at radius 1 is 1.38 bits per heavy atom. The average Bonchev–Trinajstić information content (AvgIpc) is 3.31. The maximum atomic E-state index is 13.0. The molecule has 21 heavy (non-hydrogen) atoms. The molecule has 1 aromatic heterocycles. The van der Waals surface area contributed by atoms with E-state index < -0.39 is 0 Å². The molecule has 3 rings (SSSR count). The van der Waals surface area contributed by atoms with Crippen molar-refractivity contribution in [3.05, 3.63) is 40.4 Å². The molecule has 112 valence electrons. The van der Waals surface area contributed by atoms with Crippen LogP contribution in [0, 0.1) is 5.92 Å². The van der Waals surface area contributed by atoms with Crippen molar-refractivity contribution in [3.63, 3.8) is 0 Å². The van der Waals surface area contributed by atoms with Gasteiger partial charge in [-0.05, 0) is 51.2 Å². The fourth-order valence-corrected chi connectivity index (χ4v) is 3.22. The predicted molar refractivity (Wildman–Crippen MR) is 86.9 cm³/mol. The maximum Gasteiger partial charge on any atom is 0.261 e. The number of halogens is 1. The first kappa shape index (κ1) is 14.6. The molecule has 0 saturated heterocycles. The first-order valence-corrected chi connectivity index (χ1v) is 8.06. The molecule has 0 N–H and O–H groups in total. The Labute approximate surface area is 130 Å². The summed E-state index contributed by atoms with van der Waals surface area (Å²) in [5.74, 6) is 1.25. The van der Waals surface area contributed by atoms with Gasteiger partial charge in [0.05, 0.1) is 16.3 Å². The van der Waals surface area contributed by atoms with E-state index in [0.717, 1.165) is 11.9 Å². The molecule has 0 radical (unpaired) electrons. The molecule has 2 aromatic rings. The van der Waals surface area contributed by atoms with Gasteiger partial charge in [-0.25, -0.2) is 4.98 Å². The molecule has 0 bridgehead atoms. The van der Waals surface area contributed by atoms with Crippen LogP contribution in [0.1, 0.15) is 51.2 Å². The van der Waals surface area contributed by atoms with Gasteiger partial charge in [0.1, 0.15) is 5.82 Å². The summed E-state index contributed by atoms with van der Waals surface area (Å²) in [5, 5.41) is 0.440. The number of benzene rings is 1. The Bertz CT molecular complexity index is 731. The van der Waals surface area contributed by atoms with Gasteiger partial charge in [-0.3, -0.25) is 9.36 Å². The third-order valence-electron chi connectivity index (χ3n) is 4.59. The highest BCUT2D eigenvalue weighted by Crippen LogP contribution is 2.44. The van der Waals surface area contributed by atoms with E-state index in [4.69, 9.17) is 16.6 Å². The standard InChI is InChI=1S/C17H21ClN2O/c1-4-13(18)15-19-14-8-6-5-7-12(14)16(21)20(15)17(2,3)11-9-10-11/h5-8,11,13H,4,9-10H2,1-3H3. The molecule has 3 nitrogen and oxygen atoms in total. The van der Waals surface area contributed by atoms with Crippen molar-refractivity contribution in [2.75, 3.05) is 0 Å². The van der Waals surface area contributed by atoms with Crippen LogP contribution in [0.2, 0.25) is 0 Å². The lowest BCUT2D eigenvalue weighted by Gasteiger charge is -2.31. The fourth-order valence-electron chi connectivity index (χ4n) is 3.07. The van der Waals surface area contributed by atoms with Gasteiger partial charge >= 0.3 is 0 Å².